The van der Waals surface area contributed by atoms with Crippen LogP contribution in [0.1, 0.15) is 25.7 Å². The van der Waals surface area contributed by atoms with E-state index in [1.165, 1.54) is 0 Å². The van der Waals surface area contributed by atoms with E-state index < -0.39 is 5.97 Å². The van der Waals surface area contributed by atoms with Crippen molar-refractivity contribution in [2.75, 3.05) is 6.54 Å². The van der Waals surface area contributed by atoms with Crippen molar-refractivity contribution in [3.8, 4) is 0 Å². The number of hydrogen-bond donors (Lipinski definition) is 2. The second-order valence-corrected chi connectivity index (χ2v) is 4.18. The molecule has 2 rings (SSSR count). The molecule has 0 aromatic heterocycles. The Morgan fingerprint density at radius 2 is 1.92 bits per heavy atom. The van der Waals surface area contributed by atoms with Gasteiger partial charge in [0.25, 0.3) is 0 Å². The number of fused-ring (bicyclic) bond motifs is 2. The monoisotopic (exact) mass is 184 g/mol. The molecule has 3 atom stereocenters. The van der Waals surface area contributed by atoms with Crippen LogP contribution in [0.2, 0.25) is 0 Å². The molecule has 74 valence electrons. The molecule has 0 aromatic carbocycles. The van der Waals surface area contributed by atoms with E-state index in [9.17, 15) is 4.79 Å². The van der Waals surface area contributed by atoms with E-state index in [1.807, 2.05) is 0 Å². The summed E-state index contributed by atoms with van der Waals surface area (Å²) in [5.74, 6) is -0.715. The van der Waals surface area contributed by atoms with Crippen molar-refractivity contribution < 1.29 is 9.90 Å². The zero-order valence-electron chi connectivity index (χ0n) is 7.65. The Balaban J connectivity index is 2.02. The van der Waals surface area contributed by atoms with Gasteiger partial charge in [-0.2, -0.15) is 0 Å². The lowest BCUT2D eigenvalue weighted by molar-refractivity contribution is -0.139. The van der Waals surface area contributed by atoms with Crippen LogP contribution < -0.4 is 5.73 Å². The van der Waals surface area contributed by atoms with Crippen molar-refractivity contribution in [1.29, 1.82) is 0 Å². The third-order valence-corrected chi connectivity index (χ3v) is 3.24. The van der Waals surface area contributed by atoms with Gasteiger partial charge in [0.1, 0.15) is 0 Å². The number of nitrogens with two attached hydrogens (primary N) is 1. The summed E-state index contributed by atoms with van der Waals surface area (Å²) in [6, 6.07) is 1.16. The molecule has 4 nitrogen and oxygen atoms in total. The molecule has 4 heteroatoms. The van der Waals surface area contributed by atoms with Gasteiger partial charge in [0.05, 0.1) is 6.54 Å². The maximum Gasteiger partial charge on any atom is 0.317 e. The van der Waals surface area contributed by atoms with Gasteiger partial charge >= 0.3 is 5.97 Å². The largest absolute Gasteiger partial charge is 0.480 e. The van der Waals surface area contributed by atoms with Crippen molar-refractivity contribution in [2.45, 2.75) is 43.8 Å². The van der Waals surface area contributed by atoms with E-state index in [1.54, 1.807) is 0 Å². The van der Waals surface area contributed by atoms with Gasteiger partial charge in [0.15, 0.2) is 0 Å². The Kier molecular flexibility index (Phi) is 2.26. The molecule has 2 aliphatic heterocycles. The van der Waals surface area contributed by atoms with Gasteiger partial charge in [-0.05, 0) is 25.7 Å². The molecule has 13 heavy (non-hydrogen) atoms. The molecule has 2 aliphatic rings. The van der Waals surface area contributed by atoms with Crippen LogP contribution in [0.3, 0.4) is 0 Å². The minimum absolute atomic E-state index is 0.196. The highest BCUT2D eigenvalue weighted by Gasteiger charge is 2.40. The van der Waals surface area contributed by atoms with Gasteiger partial charge in [-0.1, -0.05) is 0 Å². The molecular formula is C9H16N2O2. The Bertz CT molecular complexity index is 206. The molecule has 3 N–H and O–H groups in total. The average molecular weight is 184 g/mol. The summed E-state index contributed by atoms with van der Waals surface area (Å²) in [5.41, 5.74) is 5.87. The zero-order valence-corrected chi connectivity index (χ0v) is 7.65. The smallest absolute Gasteiger partial charge is 0.317 e. The number of carboxylic acid groups (broad SMARTS) is 1. The molecule has 0 spiro atoms. The quantitative estimate of drug-likeness (QED) is 0.635. The number of carboxylic acids is 1. The van der Waals surface area contributed by atoms with Gasteiger partial charge < -0.3 is 10.8 Å². The molecule has 2 bridgehead atoms. The molecule has 1 unspecified atom stereocenters. The lowest BCUT2D eigenvalue weighted by Gasteiger charge is -2.36. The number of hydrogen-bond acceptors (Lipinski definition) is 3. The first kappa shape index (κ1) is 8.97. The maximum absolute atomic E-state index is 10.6. The van der Waals surface area contributed by atoms with Gasteiger partial charge in [-0.15, -0.1) is 0 Å². The van der Waals surface area contributed by atoms with Gasteiger partial charge in [-0.3, -0.25) is 9.69 Å². The highest BCUT2D eigenvalue weighted by atomic mass is 16.4. The van der Waals surface area contributed by atoms with Crippen LogP contribution in [-0.2, 0) is 4.79 Å². The lowest BCUT2D eigenvalue weighted by atomic mass is 9.98. The molecule has 2 saturated heterocycles. The van der Waals surface area contributed by atoms with Crippen LogP contribution in [0.5, 0.6) is 0 Å². The van der Waals surface area contributed by atoms with Crippen molar-refractivity contribution in [2.24, 2.45) is 5.73 Å². The molecule has 0 aliphatic carbocycles. The first-order valence-electron chi connectivity index (χ1n) is 4.90. The number of piperidine rings is 1. The summed E-state index contributed by atoms with van der Waals surface area (Å²) >= 11 is 0. The minimum Gasteiger partial charge on any atom is -0.480 e. The van der Waals surface area contributed by atoms with E-state index in [2.05, 4.69) is 4.90 Å². The summed E-state index contributed by atoms with van der Waals surface area (Å²) in [7, 11) is 0. The fraction of sp³-hybridized carbons (Fsp3) is 0.889. The zero-order chi connectivity index (χ0) is 9.42. The average Bonchev–Trinajstić information content (AvgIpc) is 2.32. The van der Waals surface area contributed by atoms with Crippen LogP contribution in [0.15, 0.2) is 0 Å². The standard InChI is InChI=1S/C9H16N2O2/c10-6-3-7-1-2-8(4-6)11(7)5-9(12)13/h6-8H,1-5,10H2,(H,12,13)/t6?,7-,8+. The molecule has 0 saturated carbocycles. The molecule has 0 amide bonds. The second-order valence-electron chi connectivity index (χ2n) is 4.18. The summed E-state index contributed by atoms with van der Waals surface area (Å²) < 4.78 is 0. The molecule has 2 heterocycles. The summed E-state index contributed by atoms with van der Waals surface area (Å²) in [4.78, 5) is 12.7. The van der Waals surface area contributed by atoms with Crippen LogP contribution in [0, 0.1) is 0 Å². The summed E-state index contributed by atoms with van der Waals surface area (Å²) in [6.45, 7) is 0.196. The van der Waals surface area contributed by atoms with E-state index in [-0.39, 0.29) is 6.54 Å². The summed E-state index contributed by atoms with van der Waals surface area (Å²) in [6.07, 6.45) is 4.21. The predicted molar refractivity (Wildman–Crippen MR) is 48.4 cm³/mol. The normalized spacial score (nSPS) is 39.3. The molecule has 0 radical (unpaired) electrons. The van der Waals surface area contributed by atoms with E-state index in [0.717, 1.165) is 25.7 Å². The van der Waals surface area contributed by atoms with Crippen molar-refractivity contribution >= 4 is 5.97 Å². The first-order valence-corrected chi connectivity index (χ1v) is 4.90. The Hall–Kier alpha value is -0.610. The summed E-state index contributed by atoms with van der Waals surface area (Å²) in [5, 5.41) is 8.72. The van der Waals surface area contributed by atoms with Crippen molar-refractivity contribution in [1.82, 2.24) is 4.90 Å². The maximum atomic E-state index is 10.6. The SMILES string of the molecule is NC1C[C@H]2CC[C@@H](C1)N2CC(=O)O. The number of rotatable bonds is 2. The topological polar surface area (TPSA) is 66.6 Å². The highest BCUT2D eigenvalue weighted by molar-refractivity contribution is 5.69. The van der Waals surface area contributed by atoms with Crippen LogP contribution in [0.4, 0.5) is 0 Å². The fourth-order valence-corrected chi connectivity index (χ4v) is 2.73. The Labute approximate surface area is 77.7 Å². The van der Waals surface area contributed by atoms with Gasteiger partial charge in [0.2, 0.25) is 0 Å². The van der Waals surface area contributed by atoms with E-state index >= 15 is 0 Å². The van der Waals surface area contributed by atoms with E-state index in [0.29, 0.717) is 18.1 Å². The number of aliphatic carboxylic acids is 1. The third kappa shape index (κ3) is 1.69. The number of carbonyl (C=O) groups is 1. The minimum atomic E-state index is -0.715. The Morgan fingerprint density at radius 1 is 1.38 bits per heavy atom. The van der Waals surface area contributed by atoms with Crippen LogP contribution in [0.25, 0.3) is 0 Å². The third-order valence-electron chi connectivity index (χ3n) is 3.24. The first-order chi connectivity index (χ1) is 6.16. The van der Waals surface area contributed by atoms with Crippen LogP contribution >= 0.6 is 0 Å². The predicted octanol–water partition coefficient (Wildman–Crippen LogP) is 0.0251. The van der Waals surface area contributed by atoms with Crippen LogP contribution in [-0.4, -0.2) is 40.6 Å². The second kappa shape index (κ2) is 3.27. The number of nitrogens with zero attached hydrogens (tertiary/aromatic N) is 1. The Morgan fingerprint density at radius 3 is 2.38 bits per heavy atom. The highest BCUT2D eigenvalue weighted by Crippen LogP contribution is 2.34. The van der Waals surface area contributed by atoms with Crippen molar-refractivity contribution in [3.05, 3.63) is 0 Å². The van der Waals surface area contributed by atoms with Gasteiger partial charge in [-0.25, -0.2) is 0 Å². The molecule has 2 fully saturated rings. The lowest BCUT2D eigenvalue weighted by Crippen LogP contribution is -2.49. The van der Waals surface area contributed by atoms with E-state index in [4.69, 9.17) is 10.8 Å². The molecular weight excluding hydrogens is 168 g/mol. The van der Waals surface area contributed by atoms with Gasteiger partial charge in [0, 0.05) is 18.1 Å². The fourth-order valence-electron chi connectivity index (χ4n) is 2.73. The molecule has 0 aromatic rings. The van der Waals surface area contributed by atoms with Crippen molar-refractivity contribution in [3.63, 3.8) is 0 Å².